The molecular formula is C15H20N4O2. The van der Waals surface area contributed by atoms with Gasteiger partial charge in [0.25, 0.3) is 0 Å². The minimum atomic E-state index is 0.689. The standard InChI is InChI=1S/C15H20N4O2/c1-10-17-12-9-14(21-3)13(20-2)8-11(12)15(18-10)19-6-4-16-5-7-19/h8-9,16H,4-7H2,1-3H3. The van der Waals surface area contributed by atoms with E-state index in [0.29, 0.717) is 11.5 Å². The maximum atomic E-state index is 5.41. The van der Waals surface area contributed by atoms with Gasteiger partial charge in [-0.15, -0.1) is 0 Å². The predicted molar refractivity (Wildman–Crippen MR) is 82.5 cm³/mol. The van der Waals surface area contributed by atoms with Crippen molar-refractivity contribution in [3.63, 3.8) is 0 Å². The van der Waals surface area contributed by atoms with Crippen LogP contribution in [0.4, 0.5) is 5.82 Å². The number of aromatic nitrogens is 2. The number of fused-ring (bicyclic) bond motifs is 1. The Morgan fingerprint density at radius 3 is 2.38 bits per heavy atom. The second kappa shape index (κ2) is 5.73. The zero-order valence-corrected chi connectivity index (χ0v) is 12.6. The Balaban J connectivity index is 2.18. The first kappa shape index (κ1) is 13.9. The first-order valence-electron chi connectivity index (χ1n) is 7.09. The molecule has 0 bridgehead atoms. The van der Waals surface area contributed by atoms with Gasteiger partial charge in [0.15, 0.2) is 11.5 Å². The first-order chi connectivity index (χ1) is 10.2. The van der Waals surface area contributed by atoms with E-state index in [9.17, 15) is 0 Å². The number of methoxy groups -OCH3 is 2. The number of nitrogens with one attached hydrogen (secondary N) is 1. The fourth-order valence-electron chi connectivity index (χ4n) is 2.67. The first-order valence-corrected chi connectivity index (χ1v) is 7.09. The van der Waals surface area contributed by atoms with Crippen molar-refractivity contribution in [2.24, 2.45) is 0 Å². The Kier molecular flexibility index (Phi) is 3.79. The van der Waals surface area contributed by atoms with Gasteiger partial charge in [0.1, 0.15) is 11.6 Å². The summed E-state index contributed by atoms with van der Waals surface area (Å²) in [5.41, 5.74) is 0.883. The molecule has 2 aromatic rings. The average molecular weight is 288 g/mol. The number of rotatable bonds is 3. The SMILES string of the molecule is COc1cc2nc(C)nc(N3CCNCC3)c2cc1OC. The maximum Gasteiger partial charge on any atom is 0.162 e. The Hall–Kier alpha value is -2.08. The van der Waals surface area contributed by atoms with Gasteiger partial charge in [-0.05, 0) is 13.0 Å². The molecule has 21 heavy (non-hydrogen) atoms. The zero-order chi connectivity index (χ0) is 14.8. The monoisotopic (exact) mass is 288 g/mol. The van der Waals surface area contributed by atoms with E-state index in [-0.39, 0.29) is 0 Å². The van der Waals surface area contributed by atoms with Crippen molar-refractivity contribution in [1.29, 1.82) is 0 Å². The number of piperazine rings is 1. The van der Waals surface area contributed by atoms with Crippen LogP contribution in [-0.4, -0.2) is 50.4 Å². The molecule has 0 aliphatic carbocycles. The molecule has 6 heteroatoms. The highest BCUT2D eigenvalue weighted by molar-refractivity contribution is 5.92. The van der Waals surface area contributed by atoms with Gasteiger partial charge in [-0.1, -0.05) is 0 Å². The summed E-state index contributed by atoms with van der Waals surface area (Å²) in [6, 6.07) is 3.87. The summed E-state index contributed by atoms with van der Waals surface area (Å²) < 4.78 is 10.8. The second-order valence-electron chi connectivity index (χ2n) is 5.06. The molecule has 0 radical (unpaired) electrons. The molecule has 1 aromatic heterocycles. The lowest BCUT2D eigenvalue weighted by atomic mass is 10.2. The number of nitrogens with zero attached hydrogens (tertiary/aromatic N) is 3. The number of hydrogen-bond acceptors (Lipinski definition) is 6. The van der Waals surface area contributed by atoms with E-state index in [4.69, 9.17) is 9.47 Å². The summed E-state index contributed by atoms with van der Waals surface area (Å²) >= 11 is 0. The molecule has 1 fully saturated rings. The number of hydrogen-bond donors (Lipinski definition) is 1. The van der Waals surface area contributed by atoms with Gasteiger partial charge >= 0.3 is 0 Å². The number of aryl methyl sites for hydroxylation is 1. The van der Waals surface area contributed by atoms with Crippen LogP contribution in [0.1, 0.15) is 5.82 Å². The molecule has 3 rings (SSSR count). The molecule has 1 N–H and O–H groups in total. The summed E-state index contributed by atoms with van der Waals surface area (Å²) in [6.45, 7) is 5.75. The Morgan fingerprint density at radius 1 is 1.05 bits per heavy atom. The molecule has 112 valence electrons. The Bertz CT molecular complexity index is 654. The number of benzene rings is 1. The van der Waals surface area contributed by atoms with Crippen LogP contribution in [0, 0.1) is 6.92 Å². The fourth-order valence-corrected chi connectivity index (χ4v) is 2.67. The number of anilines is 1. The van der Waals surface area contributed by atoms with Gasteiger partial charge in [-0.25, -0.2) is 9.97 Å². The molecular weight excluding hydrogens is 268 g/mol. The van der Waals surface area contributed by atoms with Crippen molar-refractivity contribution in [3.8, 4) is 11.5 Å². The van der Waals surface area contributed by atoms with Gasteiger partial charge in [-0.3, -0.25) is 0 Å². The molecule has 6 nitrogen and oxygen atoms in total. The van der Waals surface area contributed by atoms with Crippen LogP contribution >= 0.6 is 0 Å². The molecule has 0 unspecified atom stereocenters. The van der Waals surface area contributed by atoms with E-state index in [2.05, 4.69) is 20.2 Å². The lowest BCUT2D eigenvalue weighted by molar-refractivity contribution is 0.355. The van der Waals surface area contributed by atoms with Gasteiger partial charge < -0.3 is 19.7 Å². The van der Waals surface area contributed by atoms with E-state index in [1.54, 1.807) is 14.2 Å². The smallest absolute Gasteiger partial charge is 0.162 e. The molecule has 1 aromatic carbocycles. The van der Waals surface area contributed by atoms with E-state index < -0.39 is 0 Å². The third kappa shape index (κ3) is 2.58. The molecule has 1 aliphatic rings. The number of ether oxygens (including phenoxy) is 2. The van der Waals surface area contributed by atoms with Crippen molar-refractivity contribution in [2.75, 3.05) is 45.3 Å². The quantitative estimate of drug-likeness (QED) is 0.920. The van der Waals surface area contributed by atoms with Gasteiger partial charge in [-0.2, -0.15) is 0 Å². The summed E-state index contributed by atoms with van der Waals surface area (Å²) in [6.07, 6.45) is 0. The summed E-state index contributed by atoms with van der Waals surface area (Å²) in [4.78, 5) is 11.5. The highest BCUT2D eigenvalue weighted by Crippen LogP contribution is 2.35. The van der Waals surface area contributed by atoms with Crippen LogP contribution in [0.15, 0.2) is 12.1 Å². The molecule has 1 saturated heterocycles. The summed E-state index contributed by atoms with van der Waals surface area (Å²) in [7, 11) is 3.28. The van der Waals surface area contributed by atoms with E-state index in [1.165, 1.54) is 0 Å². The molecule has 0 atom stereocenters. The van der Waals surface area contributed by atoms with Gasteiger partial charge in [0.2, 0.25) is 0 Å². The topological polar surface area (TPSA) is 59.5 Å². The predicted octanol–water partition coefficient (Wildman–Crippen LogP) is 1.37. The van der Waals surface area contributed by atoms with Gasteiger partial charge in [0, 0.05) is 37.6 Å². The largest absolute Gasteiger partial charge is 0.493 e. The summed E-state index contributed by atoms with van der Waals surface area (Å²) in [5, 5.41) is 4.36. The molecule has 0 amide bonds. The van der Waals surface area contributed by atoms with E-state index >= 15 is 0 Å². The lowest BCUT2D eigenvalue weighted by Gasteiger charge is -2.29. The minimum Gasteiger partial charge on any atom is -0.493 e. The lowest BCUT2D eigenvalue weighted by Crippen LogP contribution is -2.44. The van der Waals surface area contributed by atoms with Crippen molar-refractivity contribution < 1.29 is 9.47 Å². The molecule has 2 heterocycles. The molecule has 0 saturated carbocycles. The van der Waals surface area contributed by atoms with E-state index in [0.717, 1.165) is 48.7 Å². The Labute approximate surface area is 124 Å². The third-order valence-corrected chi connectivity index (χ3v) is 3.71. The highest BCUT2D eigenvalue weighted by atomic mass is 16.5. The second-order valence-corrected chi connectivity index (χ2v) is 5.06. The Morgan fingerprint density at radius 2 is 1.71 bits per heavy atom. The fraction of sp³-hybridized carbons (Fsp3) is 0.467. The third-order valence-electron chi connectivity index (χ3n) is 3.71. The van der Waals surface area contributed by atoms with Crippen LogP contribution in [0.5, 0.6) is 11.5 Å². The van der Waals surface area contributed by atoms with Gasteiger partial charge in [0.05, 0.1) is 19.7 Å². The highest BCUT2D eigenvalue weighted by Gasteiger charge is 2.18. The molecule has 1 aliphatic heterocycles. The van der Waals surface area contributed by atoms with Crippen LogP contribution in [0.3, 0.4) is 0 Å². The van der Waals surface area contributed by atoms with Crippen molar-refractivity contribution in [3.05, 3.63) is 18.0 Å². The van der Waals surface area contributed by atoms with Crippen LogP contribution in [0.2, 0.25) is 0 Å². The van der Waals surface area contributed by atoms with Crippen molar-refractivity contribution >= 4 is 16.7 Å². The van der Waals surface area contributed by atoms with Crippen LogP contribution in [0.25, 0.3) is 10.9 Å². The minimum absolute atomic E-state index is 0.689. The zero-order valence-electron chi connectivity index (χ0n) is 12.6. The normalized spacial score (nSPS) is 15.3. The summed E-state index contributed by atoms with van der Waals surface area (Å²) in [5.74, 6) is 3.13. The van der Waals surface area contributed by atoms with E-state index in [1.807, 2.05) is 19.1 Å². The maximum absolute atomic E-state index is 5.41. The van der Waals surface area contributed by atoms with Crippen molar-refractivity contribution in [1.82, 2.24) is 15.3 Å². The van der Waals surface area contributed by atoms with Crippen LogP contribution in [-0.2, 0) is 0 Å². The van der Waals surface area contributed by atoms with Crippen molar-refractivity contribution in [2.45, 2.75) is 6.92 Å². The molecule has 0 spiro atoms. The van der Waals surface area contributed by atoms with Crippen LogP contribution < -0.4 is 19.7 Å². The average Bonchev–Trinajstić information content (AvgIpc) is 2.53.